The average molecular weight is 264 g/mol. The largest absolute Gasteiger partial charge is 0.466 e. The van der Waals surface area contributed by atoms with Crippen LogP contribution in [0.2, 0.25) is 0 Å². The van der Waals surface area contributed by atoms with Crippen LogP contribution in [-0.2, 0) is 14.3 Å². The summed E-state index contributed by atoms with van der Waals surface area (Å²) in [6.45, 7) is 0.104. The van der Waals surface area contributed by atoms with Gasteiger partial charge >= 0.3 is 5.97 Å². The average Bonchev–Trinajstić information content (AvgIpc) is 2.76. The summed E-state index contributed by atoms with van der Waals surface area (Å²) < 4.78 is 17.5. The topological polar surface area (TPSA) is 58.6 Å². The minimum Gasteiger partial charge on any atom is -0.466 e. The van der Waals surface area contributed by atoms with Crippen LogP contribution in [0.1, 0.15) is 0 Å². The predicted molar refractivity (Wildman–Crippen MR) is 66.9 cm³/mol. The van der Waals surface area contributed by atoms with Crippen molar-refractivity contribution in [2.75, 3.05) is 25.6 Å². The van der Waals surface area contributed by atoms with Gasteiger partial charge in [0.05, 0.1) is 19.2 Å². The normalized spacial score (nSPS) is 14.9. The van der Waals surface area contributed by atoms with Gasteiger partial charge in [-0.3, -0.25) is 4.79 Å². The summed E-state index contributed by atoms with van der Waals surface area (Å²) in [5, 5.41) is 2.70. The highest BCUT2D eigenvalue weighted by molar-refractivity contribution is 6.14. The molecule has 6 heteroatoms. The van der Waals surface area contributed by atoms with Gasteiger partial charge in [0, 0.05) is 12.7 Å². The number of nitrogens with zero attached hydrogens (tertiary/aromatic N) is 1. The molecule has 2 rings (SSSR count). The molecule has 0 saturated carbocycles. The fourth-order valence-electron chi connectivity index (χ4n) is 1.95. The van der Waals surface area contributed by atoms with Crippen molar-refractivity contribution in [2.24, 2.45) is 0 Å². The number of halogens is 1. The van der Waals surface area contributed by atoms with Gasteiger partial charge in [0.2, 0.25) is 0 Å². The maximum atomic E-state index is 12.9. The number of carbonyl (C=O) groups is 2. The second kappa shape index (κ2) is 5.09. The maximum Gasteiger partial charge on any atom is 0.337 e. The lowest BCUT2D eigenvalue weighted by Crippen LogP contribution is -2.29. The first-order valence-electron chi connectivity index (χ1n) is 5.65. The minimum absolute atomic E-state index is 0.104. The fraction of sp³-hybridized carbons (Fsp3) is 0.231. The molecule has 1 heterocycles. The van der Waals surface area contributed by atoms with Crippen molar-refractivity contribution < 1.29 is 18.7 Å². The molecular weight excluding hydrogens is 251 g/mol. The van der Waals surface area contributed by atoms with Gasteiger partial charge in [0.25, 0.3) is 5.91 Å². The van der Waals surface area contributed by atoms with Crippen LogP contribution in [0, 0.1) is 5.82 Å². The van der Waals surface area contributed by atoms with Gasteiger partial charge in [0.15, 0.2) is 0 Å². The second-order valence-corrected chi connectivity index (χ2v) is 3.96. The Morgan fingerprint density at radius 2 is 2.00 bits per heavy atom. The number of amides is 1. The van der Waals surface area contributed by atoms with Crippen LogP contribution in [0.15, 0.2) is 35.5 Å². The van der Waals surface area contributed by atoms with E-state index in [1.165, 1.54) is 36.3 Å². The molecule has 1 aliphatic rings. The van der Waals surface area contributed by atoms with E-state index in [1.54, 1.807) is 7.05 Å². The number of rotatable bonds is 3. The third kappa shape index (κ3) is 2.29. The van der Waals surface area contributed by atoms with E-state index < -0.39 is 5.97 Å². The maximum absolute atomic E-state index is 12.9. The fourth-order valence-corrected chi connectivity index (χ4v) is 1.95. The Bertz CT molecular complexity index is 552. The first-order valence-corrected chi connectivity index (χ1v) is 5.65. The Balaban J connectivity index is 2.32. The number of likely N-dealkylation sites (N-methyl/N-ethyl adjacent to an activating group) is 1. The smallest absolute Gasteiger partial charge is 0.337 e. The Kier molecular flexibility index (Phi) is 3.50. The Morgan fingerprint density at radius 3 is 2.53 bits per heavy atom. The van der Waals surface area contributed by atoms with Crippen LogP contribution in [0.4, 0.5) is 10.1 Å². The van der Waals surface area contributed by atoms with Crippen LogP contribution in [0.25, 0.3) is 0 Å². The number of carbonyl (C=O) groups excluding carboxylic acids is 2. The van der Waals surface area contributed by atoms with Crippen LogP contribution < -0.4 is 10.2 Å². The summed E-state index contributed by atoms with van der Waals surface area (Å²) in [7, 11) is 2.82. The number of hydrogen-bond acceptors (Lipinski definition) is 4. The van der Waals surface area contributed by atoms with Gasteiger partial charge in [-0.15, -0.1) is 0 Å². The highest BCUT2D eigenvalue weighted by Crippen LogP contribution is 2.25. The molecule has 1 aliphatic heterocycles. The Hall–Kier alpha value is -2.37. The molecular formula is C13H13FN2O3. The molecule has 1 aromatic carbocycles. The molecule has 0 unspecified atom stereocenters. The van der Waals surface area contributed by atoms with Crippen LogP contribution in [-0.4, -0.2) is 32.6 Å². The highest BCUT2D eigenvalue weighted by Gasteiger charge is 2.34. The van der Waals surface area contributed by atoms with Gasteiger partial charge in [-0.1, -0.05) is 0 Å². The molecule has 1 N–H and O–H groups in total. The van der Waals surface area contributed by atoms with E-state index in [1.807, 2.05) is 0 Å². The summed E-state index contributed by atoms with van der Waals surface area (Å²) >= 11 is 0. The van der Waals surface area contributed by atoms with Gasteiger partial charge in [-0.25, -0.2) is 9.18 Å². The molecule has 0 fully saturated rings. The molecule has 1 amide bonds. The SMILES string of the molecule is CNC1=C(C(=O)OC)CN(c2ccc(F)cc2)C1=O. The van der Waals surface area contributed by atoms with Crippen LogP contribution in [0.5, 0.6) is 0 Å². The first-order chi connectivity index (χ1) is 9.08. The van der Waals surface area contributed by atoms with Crippen molar-refractivity contribution >= 4 is 17.6 Å². The summed E-state index contributed by atoms with van der Waals surface area (Å²) in [6.07, 6.45) is 0. The van der Waals surface area contributed by atoms with E-state index in [0.29, 0.717) is 5.69 Å². The monoisotopic (exact) mass is 264 g/mol. The number of ether oxygens (including phenoxy) is 1. The van der Waals surface area contributed by atoms with E-state index in [-0.39, 0.29) is 29.5 Å². The Labute approximate surface area is 109 Å². The first kappa shape index (κ1) is 13.1. The molecule has 0 spiro atoms. The van der Waals surface area contributed by atoms with Crippen molar-refractivity contribution in [1.29, 1.82) is 0 Å². The molecule has 0 saturated heterocycles. The summed E-state index contributed by atoms with van der Waals surface area (Å²) in [5.74, 6) is -1.28. The molecule has 0 bridgehead atoms. The number of methoxy groups -OCH3 is 1. The standard InChI is InChI=1S/C13H13FN2O3/c1-15-11-10(13(18)19-2)7-16(12(11)17)9-5-3-8(14)4-6-9/h3-6,15H,7H2,1-2H3. The molecule has 0 atom stereocenters. The number of nitrogens with one attached hydrogen (secondary N) is 1. The quantitative estimate of drug-likeness (QED) is 0.821. The van der Waals surface area contributed by atoms with Gasteiger partial charge in [-0.2, -0.15) is 0 Å². The lowest BCUT2D eigenvalue weighted by atomic mass is 10.2. The molecule has 0 aromatic heterocycles. The summed E-state index contributed by atoms with van der Waals surface area (Å²) in [6, 6.07) is 5.50. The lowest BCUT2D eigenvalue weighted by Gasteiger charge is -2.16. The zero-order chi connectivity index (χ0) is 14.0. The zero-order valence-electron chi connectivity index (χ0n) is 10.6. The molecule has 5 nitrogen and oxygen atoms in total. The third-order valence-corrected chi connectivity index (χ3v) is 2.90. The number of esters is 1. The van der Waals surface area contributed by atoms with Gasteiger partial charge in [-0.05, 0) is 24.3 Å². The van der Waals surface area contributed by atoms with Gasteiger partial charge in [0.1, 0.15) is 11.5 Å². The molecule has 0 radical (unpaired) electrons. The van der Waals surface area contributed by atoms with Crippen molar-refractivity contribution in [1.82, 2.24) is 5.32 Å². The molecule has 0 aliphatic carbocycles. The highest BCUT2D eigenvalue weighted by atomic mass is 19.1. The minimum atomic E-state index is -0.553. The van der Waals surface area contributed by atoms with Crippen molar-refractivity contribution in [2.45, 2.75) is 0 Å². The van der Waals surface area contributed by atoms with E-state index in [2.05, 4.69) is 10.1 Å². The zero-order valence-corrected chi connectivity index (χ0v) is 10.6. The van der Waals surface area contributed by atoms with Crippen molar-refractivity contribution in [3.05, 3.63) is 41.4 Å². The third-order valence-electron chi connectivity index (χ3n) is 2.90. The number of benzene rings is 1. The van der Waals surface area contributed by atoms with Gasteiger partial charge < -0.3 is 15.0 Å². The predicted octanol–water partition coefficient (Wildman–Crippen LogP) is 0.819. The van der Waals surface area contributed by atoms with E-state index in [0.717, 1.165) is 0 Å². The van der Waals surface area contributed by atoms with Crippen molar-refractivity contribution in [3.8, 4) is 0 Å². The second-order valence-electron chi connectivity index (χ2n) is 3.96. The van der Waals surface area contributed by atoms with E-state index >= 15 is 0 Å². The van der Waals surface area contributed by atoms with Crippen LogP contribution >= 0.6 is 0 Å². The number of anilines is 1. The molecule has 19 heavy (non-hydrogen) atoms. The summed E-state index contributed by atoms with van der Waals surface area (Å²) in [5.41, 5.74) is 0.994. The molecule has 100 valence electrons. The Morgan fingerprint density at radius 1 is 1.37 bits per heavy atom. The number of hydrogen-bond donors (Lipinski definition) is 1. The lowest BCUT2D eigenvalue weighted by molar-refractivity contribution is -0.136. The van der Waals surface area contributed by atoms with E-state index in [4.69, 9.17) is 0 Å². The van der Waals surface area contributed by atoms with Crippen molar-refractivity contribution in [3.63, 3.8) is 0 Å². The summed E-state index contributed by atoms with van der Waals surface area (Å²) in [4.78, 5) is 25.1. The van der Waals surface area contributed by atoms with Crippen LogP contribution in [0.3, 0.4) is 0 Å². The molecule has 1 aromatic rings. The van der Waals surface area contributed by atoms with E-state index in [9.17, 15) is 14.0 Å².